The molecule has 0 aliphatic heterocycles. The molecule has 4 unspecified atom stereocenters. The monoisotopic (exact) mass is 302 g/mol. The third-order valence-corrected chi connectivity index (χ3v) is 6.12. The highest BCUT2D eigenvalue weighted by Crippen LogP contribution is 2.48. The van der Waals surface area contributed by atoms with Gasteiger partial charge in [-0.2, -0.15) is 0 Å². The molecule has 21 heavy (non-hydrogen) atoms. The second-order valence-corrected chi connectivity index (χ2v) is 7.20. The zero-order chi connectivity index (χ0) is 14.4. The molecule has 4 rings (SSSR count). The summed E-state index contributed by atoms with van der Waals surface area (Å²) in [4.78, 5) is 16.9. The molecule has 1 heterocycles. The number of aromatic nitrogens is 1. The van der Waals surface area contributed by atoms with Crippen LogP contribution in [0, 0.1) is 17.8 Å². The number of thiazole rings is 1. The van der Waals surface area contributed by atoms with E-state index in [2.05, 4.69) is 10.3 Å². The maximum absolute atomic E-state index is 12.5. The van der Waals surface area contributed by atoms with E-state index in [1.165, 1.54) is 24.2 Å². The topological polar surface area (TPSA) is 62.2 Å². The first-order chi connectivity index (χ1) is 10.3. The van der Waals surface area contributed by atoms with Crippen molar-refractivity contribution in [1.82, 2.24) is 10.3 Å². The average Bonchev–Trinajstić information content (AvgIpc) is 3.20. The molecule has 0 spiro atoms. The zero-order valence-corrected chi connectivity index (χ0v) is 12.5. The van der Waals surface area contributed by atoms with Crippen molar-refractivity contribution in [2.24, 2.45) is 17.8 Å². The SMILES string of the molecule is O=C(NC1C2CCC(C2)C1CO)c1nc2ccccc2s1. The number of hydrogen-bond acceptors (Lipinski definition) is 4. The summed E-state index contributed by atoms with van der Waals surface area (Å²) in [5.74, 6) is 1.25. The first-order valence-electron chi connectivity index (χ1n) is 7.53. The van der Waals surface area contributed by atoms with E-state index in [0.717, 1.165) is 16.6 Å². The van der Waals surface area contributed by atoms with Gasteiger partial charge in [-0.05, 0) is 43.2 Å². The zero-order valence-electron chi connectivity index (χ0n) is 11.7. The number of aliphatic hydroxyl groups is 1. The van der Waals surface area contributed by atoms with Gasteiger partial charge in [0.15, 0.2) is 5.01 Å². The molecule has 1 aromatic carbocycles. The van der Waals surface area contributed by atoms with E-state index < -0.39 is 0 Å². The van der Waals surface area contributed by atoms with E-state index in [0.29, 0.717) is 16.8 Å². The highest BCUT2D eigenvalue weighted by atomic mass is 32.1. The maximum Gasteiger partial charge on any atom is 0.280 e. The summed E-state index contributed by atoms with van der Waals surface area (Å²) >= 11 is 1.43. The van der Waals surface area contributed by atoms with E-state index in [9.17, 15) is 9.90 Å². The van der Waals surface area contributed by atoms with E-state index >= 15 is 0 Å². The second kappa shape index (κ2) is 5.07. The van der Waals surface area contributed by atoms with Crippen LogP contribution in [0.4, 0.5) is 0 Å². The Balaban J connectivity index is 1.55. The molecular weight excluding hydrogens is 284 g/mol. The number of aliphatic hydroxyl groups excluding tert-OH is 1. The van der Waals surface area contributed by atoms with Crippen LogP contribution in [0.3, 0.4) is 0 Å². The van der Waals surface area contributed by atoms with Gasteiger partial charge < -0.3 is 10.4 Å². The van der Waals surface area contributed by atoms with Crippen molar-refractivity contribution < 1.29 is 9.90 Å². The number of carbonyl (C=O) groups is 1. The van der Waals surface area contributed by atoms with Gasteiger partial charge in [-0.25, -0.2) is 4.98 Å². The maximum atomic E-state index is 12.5. The van der Waals surface area contributed by atoms with E-state index in [4.69, 9.17) is 0 Å². The Labute approximate surface area is 127 Å². The second-order valence-electron chi connectivity index (χ2n) is 6.17. The fourth-order valence-corrected chi connectivity index (χ4v) is 4.95. The van der Waals surface area contributed by atoms with Crippen molar-refractivity contribution in [3.05, 3.63) is 29.3 Å². The first-order valence-corrected chi connectivity index (χ1v) is 8.35. The van der Waals surface area contributed by atoms with E-state index in [1.54, 1.807) is 0 Å². The predicted molar refractivity (Wildman–Crippen MR) is 82.3 cm³/mol. The molecule has 2 saturated carbocycles. The molecule has 0 radical (unpaired) electrons. The van der Waals surface area contributed by atoms with Crippen LogP contribution < -0.4 is 5.32 Å². The number of benzene rings is 1. The molecule has 110 valence electrons. The van der Waals surface area contributed by atoms with Crippen molar-refractivity contribution in [2.75, 3.05) is 6.61 Å². The summed E-state index contributed by atoms with van der Waals surface area (Å²) in [5, 5.41) is 13.3. The lowest BCUT2D eigenvalue weighted by Crippen LogP contribution is -2.45. The number of rotatable bonds is 3. The highest BCUT2D eigenvalue weighted by Gasteiger charge is 2.47. The number of fused-ring (bicyclic) bond motifs is 3. The lowest BCUT2D eigenvalue weighted by Gasteiger charge is -2.30. The van der Waals surface area contributed by atoms with Crippen LogP contribution in [-0.2, 0) is 0 Å². The van der Waals surface area contributed by atoms with Gasteiger partial charge in [-0.15, -0.1) is 11.3 Å². The average molecular weight is 302 g/mol. The third-order valence-electron chi connectivity index (χ3n) is 5.09. The van der Waals surface area contributed by atoms with Gasteiger partial charge in [0.1, 0.15) is 0 Å². The standard InChI is InChI=1S/C16H18N2O2S/c19-8-11-9-5-6-10(7-9)14(11)18-15(20)16-17-12-3-1-2-4-13(12)21-16/h1-4,9-11,14,19H,5-8H2,(H,18,20). The fraction of sp³-hybridized carbons (Fsp3) is 0.500. The van der Waals surface area contributed by atoms with E-state index in [-0.39, 0.29) is 24.5 Å². The van der Waals surface area contributed by atoms with Crippen LogP contribution in [-0.4, -0.2) is 28.6 Å². The third kappa shape index (κ3) is 2.15. The summed E-state index contributed by atoms with van der Waals surface area (Å²) in [6, 6.07) is 7.92. The summed E-state index contributed by atoms with van der Waals surface area (Å²) in [5.41, 5.74) is 0.874. The van der Waals surface area contributed by atoms with Crippen LogP contribution in [0.2, 0.25) is 0 Å². The van der Waals surface area contributed by atoms with Gasteiger partial charge in [0, 0.05) is 18.6 Å². The van der Waals surface area contributed by atoms with Crippen LogP contribution in [0.15, 0.2) is 24.3 Å². The minimum atomic E-state index is -0.0906. The van der Waals surface area contributed by atoms with Crippen molar-refractivity contribution in [3.8, 4) is 0 Å². The molecule has 1 amide bonds. The summed E-state index contributed by atoms with van der Waals surface area (Å²) < 4.78 is 1.04. The Bertz CT molecular complexity index is 651. The van der Waals surface area contributed by atoms with Crippen LogP contribution in [0.25, 0.3) is 10.2 Å². The molecule has 2 aliphatic carbocycles. The Kier molecular flexibility index (Phi) is 3.19. The molecule has 4 nitrogen and oxygen atoms in total. The van der Waals surface area contributed by atoms with Crippen molar-refractivity contribution in [3.63, 3.8) is 0 Å². The molecular formula is C16H18N2O2S. The van der Waals surface area contributed by atoms with Crippen LogP contribution in [0.5, 0.6) is 0 Å². The fourth-order valence-electron chi connectivity index (χ4n) is 4.08. The smallest absolute Gasteiger partial charge is 0.280 e. The number of nitrogens with one attached hydrogen (secondary N) is 1. The molecule has 5 heteroatoms. The minimum absolute atomic E-state index is 0.0906. The number of amides is 1. The summed E-state index contributed by atoms with van der Waals surface area (Å²) in [7, 11) is 0. The molecule has 2 N–H and O–H groups in total. The van der Waals surface area contributed by atoms with E-state index in [1.807, 2.05) is 24.3 Å². The van der Waals surface area contributed by atoms with Gasteiger partial charge in [-0.1, -0.05) is 12.1 Å². The highest BCUT2D eigenvalue weighted by molar-refractivity contribution is 7.20. The van der Waals surface area contributed by atoms with Gasteiger partial charge in [-0.3, -0.25) is 4.79 Å². The number of hydrogen-bond donors (Lipinski definition) is 2. The van der Waals surface area contributed by atoms with Crippen LogP contribution in [0.1, 0.15) is 29.1 Å². The first kappa shape index (κ1) is 13.2. The predicted octanol–water partition coefficient (Wildman–Crippen LogP) is 2.43. The minimum Gasteiger partial charge on any atom is -0.396 e. The van der Waals surface area contributed by atoms with Gasteiger partial charge in [0.2, 0.25) is 0 Å². The quantitative estimate of drug-likeness (QED) is 0.915. The lowest BCUT2D eigenvalue weighted by molar-refractivity contribution is 0.0861. The number of para-hydroxylation sites is 1. The Hall–Kier alpha value is -1.46. The van der Waals surface area contributed by atoms with Crippen molar-refractivity contribution in [2.45, 2.75) is 25.3 Å². The number of carbonyl (C=O) groups excluding carboxylic acids is 1. The molecule has 2 bridgehead atoms. The molecule has 1 aromatic heterocycles. The number of nitrogens with zero attached hydrogens (tertiary/aromatic N) is 1. The Morgan fingerprint density at radius 3 is 2.95 bits per heavy atom. The lowest BCUT2D eigenvalue weighted by atomic mass is 9.85. The van der Waals surface area contributed by atoms with Crippen molar-refractivity contribution in [1.29, 1.82) is 0 Å². The molecule has 4 atom stereocenters. The van der Waals surface area contributed by atoms with Gasteiger partial charge >= 0.3 is 0 Å². The Morgan fingerprint density at radius 2 is 2.14 bits per heavy atom. The van der Waals surface area contributed by atoms with Crippen LogP contribution >= 0.6 is 11.3 Å². The molecule has 2 aromatic rings. The molecule has 2 aliphatic rings. The summed E-state index contributed by atoms with van der Waals surface area (Å²) in [6.07, 6.45) is 3.52. The largest absolute Gasteiger partial charge is 0.396 e. The Morgan fingerprint density at radius 1 is 1.33 bits per heavy atom. The molecule has 2 fully saturated rings. The normalized spacial score (nSPS) is 30.9. The summed E-state index contributed by atoms with van der Waals surface area (Å²) in [6.45, 7) is 0.173. The van der Waals surface area contributed by atoms with Gasteiger partial charge in [0.05, 0.1) is 10.2 Å². The van der Waals surface area contributed by atoms with Crippen molar-refractivity contribution >= 4 is 27.5 Å². The van der Waals surface area contributed by atoms with Gasteiger partial charge in [0.25, 0.3) is 5.91 Å². The molecule has 0 saturated heterocycles.